The Labute approximate surface area is 142 Å². The van der Waals surface area contributed by atoms with Crippen molar-refractivity contribution in [2.45, 2.75) is 11.4 Å². The fraction of sp³-hybridized carbons (Fsp3) is 0.0588. The monoisotopic (exact) mass is 365 g/mol. The van der Waals surface area contributed by atoms with Crippen LogP contribution >= 0.6 is 11.3 Å². The molecule has 3 rings (SSSR count). The molecule has 0 radical (unpaired) electrons. The normalized spacial score (nSPS) is 11.6. The van der Waals surface area contributed by atoms with Crippen LogP contribution in [-0.2, 0) is 16.6 Å². The van der Waals surface area contributed by atoms with E-state index in [2.05, 4.69) is 4.72 Å². The maximum Gasteiger partial charge on any atom is 0.243 e. The van der Waals surface area contributed by atoms with E-state index in [4.69, 9.17) is 0 Å². The summed E-state index contributed by atoms with van der Waals surface area (Å²) in [6.45, 7) is -0.0235. The van der Waals surface area contributed by atoms with Gasteiger partial charge in [-0.05, 0) is 51.7 Å². The smallest absolute Gasteiger partial charge is 0.207 e. The van der Waals surface area contributed by atoms with E-state index in [1.54, 1.807) is 12.1 Å². The van der Waals surface area contributed by atoms with Crippen molar-refractivity contribution in [1.29, 1.82) is 0 Å². The zero-order valence-corrected chi connectivity index (χ0v) is 14.0. The first-order valence-corrected chi connectivity index (χ1v) is 9.45. The van der Waals surface area contributed by atoms with Gasteiger partial charge < -0.3 is 0 Å². The van der Waals surface area contributed by atoms with Gasteiger partial charge in [-0.1, -0.05) is 24.3 Å². The first kappa shape index (κ1) is 16.8. The van der Waals surface area contributed by atoms with Crippen molar-refractivity contribution in [3.63, 3.8) is 0 Å². The van der Waals surface area contributed by atoms with Crippen molar-refractivity contribution in [1.82, 2.24) is 4.72 Å². The summed E-state index contributed by atoms with van der Waals surface area (Å²) in [4.78, 5) is -0.699. The summed E-state index contributed by atoms with van der Waals surface area (Å²) in [5.41, 5.74) is 2.61. The van der Waals surface area contributed by atoms with Crippen LogP contribution in [0.2, 0.25) is 0 Å². The van der Waals surface area contributed by atoms with Crippen LogP contribution in [0.4, 0.5) is 8.78 Å². The molecule has 0 atom stereocenters. The van der Waals surface area contributed by atoms with Gasteiger partial charge in [0.05, 0.1) is 0 Å². The third-order valence-corrected chi connectivity index (χ3v) is 5.58. The van der Waals surface area contributed by atoms with Crippen LogP contribution < -0.4 is 4.72 Å². The van der Waals surface area contributed by atoms with Crippen molar-refractivity contribution in [3.8, 4) is 11.1 Å². The average molecular weight is 365 g/mol. The van der Waals surface area contributed by atoms with E-state index in [0.717, 1.165) is 28.8 Å². The fourth-order valence-electron chi connectivity index (χ4n) is 2.31. The first-order valence-electron chi connectivity index (χ1n) is 7.02. The number of thiophene rings is 1. The van der Waals surface area contributed by atoms with Crippen LogP contribution in [0, 0.1) is 11.6 Å². The van der Waals surface area contributed by atoms with Gasteiger partial charge in [0, 0.05) is 6.54 Å². The highest BCUT2D eigenvalue weighted by atomic mass is 32.2. The fourth-order valence-corrected chi connectivity index (χ4v) is 4.06. The number of hydrogen-bond donors (Lipinski definition) is 1. The van der Waals surface area contributed by atoms with Gasteiger partial charge in [-0.25, -0.2) is 21.9 Å². The van der Waals surface area contributed by atoms with E-state index < -0.39 is 26.6 Å². The molecule has 2 aromatic carbocycles. The summed E-state index contributed by atoms with van der Waals surface area (Å²) >= 11 is 1.54. The molecule has 0 saturated carbocycles. The summed E-state index contributed by atoms with van der Waals surface area (Å²) < 4.78 is 53.8. The Bertz CT molecular complexity index is 954. The Morgan fingerprint density at radius 3 is 2.58 bits per heavy atom. The number of rotatable bonds is 5. The van der Waals surface area contributed by atoms with Gasteiger partial charge in [0.25, 0.3) is 0 Å². The molecule has 0 unspecified atom stereocenters. The number of nitrogens with one attached hydrogen (secondary N) is 1. The molecule has 124 valence electrons. The molecule has 0 aliphatic carbocycles. The van der Waals surface area contributed by atoms with E-state index >= 15 is 0 Å². The topological polar surface area (TPSA) is 46.2 Å². The molecule has 1 N–H and O–H groups in total. The molecule has 0 bridgehead atoms. The van der Waals surface area contributed by atoms with Crippen molar-refractivity contribution in [3.05, 3.63) is 76.5 Å². The van der Waals surface area contributed by atoms with E-state index in [1.165, 1.54) is 11.3 Å². The molecule has 7 heteroatoms. The zero-order valence-electron chi connectivity index (χ0n) is 12.4. The van der Waals surface area contributed by atoms with Gasteiger partial charge in [-0.15, -0.1) is 0 Å². The lowest BCUT2D eigenvalue weighted by Gasteiger charge is -2.11. The van der Waals surface area contributed by atoms with Gasteiger partial charge in [0.1, 0.15) is 16.5 Å². The minimum absolute atomic E-state index is 0.0235. The second-order valence-corrected chi connectivity index (χ2v) is 7.58. The Hall–Kier alpha value is -2.09. The maximum absolute atomic E-state index is 13.7. The largest absolute Gasteiger partial charge is 0.243 e. The predicted molar refractivity (Wildman–Crippen MR) is 90.1 cm³/mol. The molecule has 3 nitrogen and oxygen atoms in total. The van der Waals surface area contributed by atoms with Gasteiger partial charge >= 0.3 is 0 Å². The van der Waals surface area contributed by atoms with Gasteiger partial charge in [0.2, 0.25) is 10.0 Å². The number of hydrogen-bond acceptors (Lipinski definition) is 3. The molecule has 1 heterocycles. The van der Waals surface area contributed by atoms with Crippen molar-refractivity contribution in [2.24, 2.45) is 0 Å². The number of halogens is 2. The molecule has 0 amide bonds. The predicted octanol–water partition coefficient (Wildman–Crippen LogP) is 4.17. The lowest BCUT2D eigenvalue weighted by Crippen LogP contribution is -2.24. The minimum atomic E-state index is -4.16. The van der Waals surface area contributed by atoms with E-state index in [1.807, 2.05) is 29.0 Å². The van der Waals surface area contributed by atoms with E-state index in [0.29, 0.717) is 6.07 Å². The average Bonchev–Trinajstić information content (AvgIpc) is 3.10. The standard InChI is InChI=1S/C17H13F2NO2S2/c18-14-5-6-16(19)17(9-14)24(21,22)20-10-12-3-1-2-4-15(12)13-7-8-23-11-13/h1-9,11,20H,10H2. The summed E-state index contributed by atoms with van der Waals surface area (Å²) in [5, 5.41) is 3.89. The van der Waals surface area contributed by atoms with Crippen molar-refractivity contribution >= 4 is 21.4 Å². The molecular formula is C17H13F2NO2S2. The Balaban J connectivity index is 1.87. The zero-order chi connectivity index (χ0) is 17.2. The van der Waals surface area contributed by atoms with Crippen LogP contribution in [0.5, 0.6) is 0 Å². The second-order valence-electron chi connectivity index (χ2n) is 5.07. The van der Waals surface area contributed by atoms with Crippen LogP contribution in [0.25, 0.3) is 11.1 Å². The second kappa shape index (κ2) is 6.80. The SMILES string of the molecule is O=S(=O)(NCc1ccccc1-c1ccsc1)c1cc(F)ccc1F. The first-order chi connectivity index (χ1) is 11.5. The van der Waals surface area contributed by atoms with E-state index in [-0.39, 0.29) is 6.54 Å². The van der Waals surface area contributed by atoms with Crippen LogP contribution in [0.15, 0.2) is 64.2 Å². The molecule has 0 aliphatic heterocycles. The third-order valence-electron chi connectivity index (χ3n) is 3.48. The minimum Gasteiger partial charge on any atom is -0.207 e. The van der Waals surface area contributed by atoms with Crippen molar-refractivity contribution in [2.75, 3.05) is 0 Å². The summed E-state index contributed by atoms with van der Waals surface area (Å²) in [7, 11) is -4.16. The molecule has 24 heavy (non-hydrogen) atoms. The highest BCUT2D eigenvalue weighted by Gasteiger charge is 2.20. The molecule has 0 spiro atoms. The summed E-state index contributed by atoms with van der Waals surface area (Å²) in [5.74, 6) is -1.80. The highest BCUT2D eigenvalue weighted by molar-refractivity contribution is 7.89. The maximum atomic E-state index is 13.7. The van der Waals surface area contributed by atoms with Crippen LogP contribution in [0.1, 0.15) is 5.56 Å². The lowest BCUT2D eigenvalue weighted by molar-refractivity contribution is 0.545. The van der Waals surface area contributed by atoms with Gasteiger partial charge in [-0.3, -0.25) is 0 Å². The summed E-state index contributed by atoms with van der Waals surface area (Å²) in [6.07, 6.45) is 0. The number of benzene rings is 2. The van der Waals surface area contributed by atoms with Crippen LogP contribution in [0.3, 0.4) is 0 Å². The lowest BCUT2D eigenvalue weighted by atomic mass is 10.0. The Kier molecular flexibility index (Phi) is 4.75. The Morgan fingerprint density at radius 1 is 1.04 bits per heavy atom. The Morgan fingerprint density at radius 2 is 1.83 bits per heavy atom. The molecule has 1 aromatic heterocycles. The quantitative estimate of drug-likeness (QED) is 0.738. The molecular weight excluding hydrogens is 352 g/mol. The molecule has 0 aliphatic rings. The summed E-state index contributed by atoms with van der Waals surface area (Å²) in [6, 6.07) is 11.6. The van der Waals surface area contributed by atoms with Crippen molar-refractivity contribution < 1.29 is 17.2 Å². The molecule has 0 saturated heterocycles. The molecule has 0 fully saturated rings. The highest BCUT2D eigenvalue weighted by Crippen LogP contribution is 2.26. The van der Waals surface area contributed by atoms with Gasteiger partial charge in [-0.2, -0.15) is 11.3 Å². The van der Waals surface area contributed by atoms with E-state index in [9.17, 15) is 17.2 Å². The van der Waals surface area contributed by atoms with Gasteiger partial charge in [0.15, 0.2) is 0 Å². The number of sulfonamides is 1. The molecule has 3 aromatic rings. The van der Waals surface area contributed by atoms with Crippen LogP contribution in [-0.4, -0.2) is 8.42 Å². The third kappa shape index (κ3) is 3.53.